The molecule has 3 rings (SSSR count). The van der Waals surface area contributed by atoms with E-state index in [0.717, 1.165) is 17.7 Å². The lowest BCUT2D eigenvalue weighted by molar-refractivity contribution is -0.137. The van der Waals surface area contributed by atoms with Crippen LogP contribution in [0, 0.1) is 0 Å². The Morgan fingerprint density at radius 1 is 1.24 bits per heavy atom. The molecule has 1 aliphatic heterocycles. The van der Waals surface area contributed by atoms with Crippen LogP contribution in [0.5, 0.6) is 0 Å². The first-order valence-corrected chi connectivity index (χ1v) is 10.1. The maximum Gasteiger partial charge on any atom is 0.416 e. The van der Waals surface area contributed by atoms with Gasteiger partial charge in [0.25, 0.3) is 0 Å². The summed E-state index contributed by atoms with van der Waals surface area (Å²) in [6.07, 6.45) is 1.79. The number of nitrogens with one attached hydrogen (secondary N) is 1. The highest BCUT2D eigenvalue weighted by atomic mass is 19.4. The van der Waals surface area contributed by atoms with Crippen molar-refractivity contribution in [3.63, 3.8) is 0 Å². The van der Waals surface area contributed by atoms with Gasteiger partial charge in [0.05, 0.1) is 17.4 Å². The van der Waals surface area contributed by atoms with Crippen molar-refractivity contribution in [3.05, 3.63) is 84.3 Å². The molecule has 7 nitrogen and oxygen atoms in total. The molecule has 2 heterocycles. The number of carbonyl (C=O) groups is 1. The molecule has 12 heteroatoms. The van der Waals surface area contributed by atoms with Crippen molar-refractivity contribution in [2.24, 2.45) is 11.6 Å². The van der Waals surface area contributed by atoms with Gasteiger partial charge in [-0.1, -0.05) is 18.7 Å². The number of amides is 1. The molecule has 4 radical (unpaired) electrons. The van der Waals surface area contributed by atoms with Crippen LogP contribution in [0.4, 0.5) is 13.2 Å². The lowest BCUT2D eigenvalue weighted by Gasteiger charge is -2.31. The fourth-order valence-electron chi connectivity index (χ4n) is 3.12. The van der Waals surface area contributed by atoms with Crippen molar-refractivity contribution in [1.82, 2.24) is 15.3 Å². The number of carbonyl (C=O) groups excluding carboxylic acids is 1. The number of rotatable bonds is 6. The maximum atomic E-state index is 12.6. The fraction of sp³-hybridized carbons (Fsp3) is 0.273. The van der Waals surface area contributed by atoms with Gasteiger partial charge in [0, 0.05) is 42.6 Å². The highest BCUT2D eigenvalue weighted by Gasteiger charge is 2.33. The summed E-state index contributed by atoms with van der Waals surface area (Å²) in [6.45, 7) is 4.20. The van der Waals surface area contributed by atoms with Gasteiger partial charge in [-0.05, 0) is 42.3 Å². The van der Waals surface area contributed by atoms with E-state index < -0.39 is 23.2 Å². The second-order valence-electron chi connectivity index (χ2n) is 7.39. The van der Waals surface area contributed by atoms with E-state index in [4.69, 9.17) is 32.0 Å². The summed E-state index contributed by atoms with van der Waals surface area (Å²) in [5, 5.41) is -1.73. The molecule has 1 aliphatic rings. The molecule has 0 saturated carbocycles. The molecule has 0 spiro atoms. The van der Waals surface area contributed by atoms with Crippen LogP contribution in [-0.2, 0) is 21.1 Å². The molecule has 1 fully saturated rings. The summed E-state index contributed by atoms with van der Waals surface area (Å²) < 4.78 is 43.3. The number of ether oxygens (including phenoxy) is 1. The Balaban J connectivity index is 0.000000310. The van der Waals surface area contributed by atoms with Gasteiger partial charge in [-0.15, -0.1) is 0 Å². The van der Waals surface area contributed by atoms with Crippen molar-refractivity contribution >= 4 is 27.3 Å². The number of halogens is 3. The number of pyridine rings is 1. The Bertz CT molecular complexity index is 986. The Kier molecular flexibility index (Phi) is 9.34. The smallest absolute Gasteiger partial charge is 0.397 e. The third-order valence-corrected chi connectivity index (χ3v) is 4.89. The molecule has 1 atom stereocenters. The second kappa shape index (κ2) is 11.8. The topological polar surface area (TPSA) is 106 Å². The van der Waals surface area contributed by atoms with E-state index >= 15 is 0 Å². The molecule has 0 aliphatic carbocycles. The van der Waals surface area contributed by atoms with Gasteiger partial charge in [0.2, 0.25) is 5.91 Å². The number of benzene rings is 1. The molecule has 0 bridgehead atoms. The summed E-state index contributed by atoms with van der Waals surface area (Å²) in [5.41, 5.74) is 8.79. The molecule has 176 valence electrons. The molecular formula is C22H24B2F3N5O2. The molecule has 1 aromatic heterocycles. The van der Waals surface area contributed by atoms with Crippen molar-refractivity contribution in [1.29, 1.82) is 0 Å². The van der Waals surface area contributed by atoms with Crippen LogP contribution >= 0.6 is 0 Å². The fourth-order valence-corrected chi connectivity index (χ4v) is 3.12. The minimum absolute atomic E-state index is 0.217. The lowest BCUT2D eigenvalue weighted by atomic mass is 9.61. The molecule has 1 amide bonds. The summed E-state index contributed by atoms with van der Waals surface area (Å²) in [5.74, 6) is 4.82. The van der Waals surface area contributed by atoms with E-state index in [1.165, 1.54) is 24.4 Å². The number of hydrazine groups is 1. The lowest BCUT2D eigenvalue weighted by Crippen LogP contribution is -2.37. The Labute approximate surface area is 198 Å². The molecular weight excluding hydrogens is 445 g/mol. The van der Waals surface area contributed by atoms with E-state index in [1.807, 2.05) is 12.1 Å². The van der Waals surface area contributed by atoms with Gasteiger partial charge in [-0.25, -0.2) is 0 Å². The van der Waals surface area contributed by atoms with E-state index in [9.17, 15) is 18.0 Å². The summed E-state index contributed by atoms with van der Waals surface area (Å²) in [6, 6.07) is 7.84. The summed E-state index contributed by atoms with van der Waals surface area (Å²) >= 11 is 0. The normalized spacial score (nSPS) is 16.4. The first-order chi connectivity index (χ1) is 16.0. The zero-order valence-corrected chi connectivity index (χ0v) is 18.3. The minimum atomic E-state index is -4.43. The van der Waals surface area contributed by atoms with Crippen LogP contribution in [-0.4, -0.2) is 50.7 Å². The quantitative estimate of drug-likeness (QED) is 0.258. The Morgan fingerprint density at radius 3 is 2.41 bits per heavy atom. The minimum Gasteiger partial charge on any atom is -0.397 e. The third-order valence-electron chi connectivity index (χ3n) is 4.89. The third kappa shape index (κ3) is 7.67. The van der Waals surface area contributed by atoms with Gasteiger partial charge in [-0.3, -0.25) is 15.6 Å². The van der Waals surface area contributed by atoms with Gasteiger partial charge in [-0.2, -0.15) is 13.2 Å². The van der Waals surface area contributed by atoms with Crippen LogP contribution in [0.1, 0.15) is 23.1 Å². The Hall–Kier alpha value is -3.24. The number of likely N-dealkylation sites (tertiary alicyclic amines) is 1. The van der Waals surface area contributed by atoms with E-state index in [0.29, 0.717) is 25.2 Å². The Morgan fingerprint density at radius 2 is 1.88 bits per heavy atom. The predicted octanol–water partition coefficient (Wildman–Crippen LogP) is 1.76. The number of hydrogen-bond donors (Lipinski definition) is 3. The number of alkyl halides is 3. The highest BCUT2D eigenvalue weighted by molar-refractivity contribution is 6.38. The standard InChI is InChI=1S/C15H14B2F3NO2.C7H10N4/c1-2-13(22)21-8-7-12(9-21)23-14(16,17)10-3-5-11(6-4-10)15(18,19)20;8-7(5-11-9)6-2-1-3-10-4-6/h2-6,12H,1,7-9H2;1-5,11H,8-9H2/b;7-5-. The second-order valence-corrected chi connectivity index (χ2v) is 7.39. The van der Waals surface area contributed by atoms with Crippen LogP contribution in [0.15, 0.2) is 67.6 Å². The first-order valence-electron chi connectivity index (χ1n) is 10.1. The number of nitrogens with two attached hydrogens (primary N) is 2. The number of hydrogen-bond acceptors (Lipinski definition) is 6. The molecule has 2 aromatic rings. The van der Waals surface area contributed by atoms with Gasteiger partial charge in [0.1, 0.15) is 15.7 Å². The van der Waals surface area contributed by atoms with Crippen LogP contribution in [0.3, 0.4) is 0 Å². The van der Waals surface area contributed by atoms with Crippen molar-refractivity contribution in [3.8, 4) is 0 Å². The first kappa shape index (κ1) is 27.0. The predicted molar refractivity (Wildman–Crippen MR) is 125 cm³/mol. The monoisotopic (exact) mass is 469 g/mol. The zero-order chi connectivity index (χ0) is 25.4. The van der Waals surface area contributed by atoms with Gasteiger partial charge >= 0.3 is 6.18 Å². The van der Waals surface area contributed by atoms with E-state index in [2.05, 4.69) is 17.0 Å². The molecule has 1 unspecified atom stereocenters. The van der Waals surface area contributed by atoms with Crippen LogP contribution < -0.4 is 17.0 Å². The molecule has 1 saturated heterocycles. The molecule has 1 aromatic carbocycles. The molecule has 34 heavy (non-hydrogen) atoms. The van der Waals surface area contributed by atoms with Crippen molar-refractivity contribution in [2.75, 3.05) is 13.1 Å². The average molecular weight is 469 g/mol. The van der Waals surface area contributed by atoms with E-state index in [1.54, 1.807) is 17.3 Å². The number of nitrogens with zero attached hydrogens (tertiary/aromatic N) is 2. The van der Waals surface area contributed by atoms with Crippen molar-refractivity contribution in [2.45, 2.75) is 24.1 Å². The highest BCUT2D eigenvalue weighted by Crippen LogP contribution is 2.31. The van der Waals surface area contributed by atoms with Gasteiger partial charge < -0.3 is 20.8 Å². The summed E-state index contributed by atoms with van der Waals surface area (Å²) in [4.78, 5) is 17.0. The van der Waals surface area contributed by atoms with Gasteiger partial charge in [0.15, 0.2) is 0 Å². The average Bonchev–Trinajstić information content (AvgIpc) is 3.27. The van der Waals surface area contributed by atoms with Crippen molar-refractivity contribution < 1.29 is 22.7 Å². The summed E-state index contributed by atoms with van der Waals surface area (Å²) in [7, 11) is 11.8. The molecule has 5 N–H and O–H groups in total. The number of aromatic nitrogens is 1. The largest absolute Gasteiger partial charge is 0.416 e. The van der Waals surface area contributed by atoms with E-state index in [-0.39, 0.29) is 11.5 Å². The maximum absolute atomic E-state index is 12.6. The zero-order valence-electron chi connectivity index (χ0n) is 18.3. The SMILES string of the molecule is NN/C=C(\N)c1cccnc1.[B]C([B])(OC1CCN(C(=O)C=C)C1)c1ccc(C(F)(F)F)cc1. The van der Waals surface area contributed by atoms with Crippen LogP contribution in [0.2, 0.25) is 0 Å². The van der Waals surface area contributed by atoms with Crippen LogP contribution in [0.25, 0.3) is 5.70 Å².